The third-order valence-corrected chi connectivity index (χ3v) is 5.07. The molecule has 2 heterocycles. The highest BCUT2D eigenvalue weighted by Gasteiger charge is 2.33. The molecule has 0 aromatic heterocycles. The van der Waals surface area contributed by atoms with Crippen molar-refractivity contribution >= 4 is 11.6 Å². The van der Waals surface area contributed by atoms with Gasteiger partial charge in [-0.05, 0) is 49.1 Å². The van der Waals surface area contributed by atoms with Gasteiger partial charge in [0.1, 0.15) is 11.6 Å². The molecule has 0 saturated carbocycles. The van der Waals surface area contributed by atoms with Crippen molar-refractivity contribution in [2.75, 3.05) is 24.5 Å². The van der Waals surface area contributed by atoms with Gasteiger partial charge < -0.3 is 14.5 Å². The lowest BCUT2D eigenvalue weighted by Gasteiger charge is -2.38. The molecule has 1 saturated heterocycles. The van der Waals surface area contributed by atoms with Gasteiger partial charge in [0.25, 0.3) is 5.91 Å². The zero-order valence-corrected chi connectivity index (χ0v) is 14.7. The third-order valence-electron chi connectivity index (χ3n) is 5.07. The summed E-state index contributed by atoms with van der Waals surface area (Å²) in [5.74, 6) is 0.527. The molecule has 0 bridgehead atoms. The molecule has 5 heteroatoms. The van der Waals surface area contributed by atoms with Gasteiger partial charge in [-0.1, -0.05) is 24.3 Å². The normalized spacial score (nSPS) is 19.7. The number of hydrogen-bond acceptors (Lipinski definition) is 3. The first-order chi connectivity index (χ1) is 12.7. The lowest BCUT2D eigenvalue weighted by atomic mass is 10.1. The fraction of sp³-hybridized carbons (Fsp3) is 0.381. The quantitative estimate of drug-likeness (QED) is 0.844. The molecule has 0 radical (unpaired) electrons. The number of fused-ring (bicyclic) bond motifs is 1. The van der Waals surface area contributed by atoms with Crippen LogP contribution < -0.4 is 9.64 Å². The Morgan fingerprint density at radius 1 is 1.08 bits per heavy atom. The monoisotopic (exact) mass is 354 g/mol. The van der Waals surface area contributed by atoms with Crippen molar-refractivity contribution in [3.63, 3.8) is 0 Å². The largest absolute Gasteiger partial charge is 0.477 e. The van der Waals surface area contributed by atoms with Gasteiger partial charge in [-0.2, -0.15) is 0 Å². The predicted octanol–water partition coefficient (Wildman–Crippen LogP) is 3.61. The number of likely N-dealkylation sites (tertiary alicyclic amines) is 1. The van der Waals surface area contributed by atoms with Gasteiger partial charge in [0.2, 0.25) is 0 Å². The van der Waals surface area contributed by atoms with E-state index in [-0.39, 0.29) is 11.7 Å². The average Bonchev–Trinajstić information content (AvgIpc) is 2.68. The van der Waals surface area contributed by atoms with Crippen LogP contribution in [0.5, 0.6) is 5.75 Å². The molecule has 2 aliphatic heterocycles. The van der Waals surface area contributed by atoms with E-state index in [1.54, 1.807) is 12.1 Å². The lowest BCUT2D eigenvalue weighted by molar-refractivity contribution is -0.139. The van der Waals surface area contributed by atoms with Gasteiger partial charge >= 0.3 is 0 Å². The number of rotatable bonds is 3. The van der Waals surface area contributed by atoms with E-state index >= 15 is 0 Å². The summed E-state index contributed by atoms with van der Waals surface area (Å²) < 4.78 is 19.6. The minimum atomic E-state index is -0.517. The predicted molar refractivity (Wildman–Crippen MR) is 98.7 cm³/mol. The molecule has 2 aromatic carbocycles. The molecule has 4 rings (SSSR count). The highest BCUT2D eigenvalue weighted by Crippen LogP contribution is 2.34. The van der Waals surface area contributed by atoms with Crippen molar-refractivity contribution in [1.82, 2.24) is 4.90 Å². The number of anilines is 1. The van der Waals surface area contributed by atoms with Crippen LogP contribution in [0.15, 0.2) is 48.5 Å². The maximum atomic E-state index is 13.6. The van der Waals surface area contributed by atoms with E-state index in [1.807, 2.05) is 35.2 Å². The fourth-order valence-electron chi connectivity index (χ4n) is 3.76. The van der Waals surface area contributed by atoms with Gasteiger partial charge in [0.15, 0.2) is 6.10 Å². The van der Waals surface area contributed by atoms with E-state index in [4.69, 9.17) is 4.74 Å². The second-order valence-electron chi connectivity index (χ2n) is 6.97. The van der Waals surface area contributed by atoms with Crippen molar-refractivity contribution in [3.05, 3.63) is 59.9 Å². The Kier molecular flexibility index (Phi) is 4.78. The second-order valence-corrected chi connectivity index (χ2v) is 6.97. The van der Waals surface area contributed by atoms with Gasteiger partial charge in [-0.3, -0.25) is 4.79 Å². The van der Waals surface area contributed by atoms with Crippen molar-refractivity contribution in [1.29, 1.82) is 0 Å². The first-order valence-corrected chi connectivity index (χ1v) is 9.24. The third kappa shape index (κ3) is 3.52. The molecule has 1 atom stereocenters. The summed E-state index contributed by atoms with van der Waals surface area (Å²) in [5, 5.41) is 0. The van der Waals surface area contributed by atoms with E-state index < -0.39 is 6.10 Å². The van der Waals surface area contributed by atoms with Crippen LogP contribution in [0.3, 0.4) is 0 Å². The van der Waals surface area contributed by atoms with Crippen LogP contribution in [-0.2, 0) is 11.3 Å². The number of nitrogens with zero attached hydrogens (tertiary/aromatic N) is 2. The smallest absolute Gasteiger partial charge is 0.265 e. The van der Waals surface area contributed by atoms with E-state index in [0.29, 0.717) is 18.8 Å². The molecule has 4 nitrogen and oxygen atoms in total. The summed E-state index contributed by atoms with van der Waals surface area (Å²) in [5.41, 5.74) is 1.82. The van der Waals surface area contributed by atoms with Crippen LogP contribution in [0.25, 0.3) is 0 Å². The number of carbonyl (C=O) groups is 1. The standard InChI is InChI=1S/C21H23FN2O2/c22-17-8-6-7-16(13-17)14-24-15-20(21(25)23-11-4-1-5-12-23)26-19-10-3-2-9-18(19)24/h2-3,6-10,13,20H,1,4-5,11-12,14-15H2. The number of benzene rings is 2. The molecule has 136 valence electrons. The maximum absolute atomic E-state index is 13.6. The zero-order valence-electron chi connectivity index (χ0n) is 14.7. The van der Waals surface area contributed by atoms with Crippen molar-refractivity contribution < 1.29 is 13.9 Å². The molecular formula is C21H23FN2O2. The number of amides is 1. The number of para-hydroxylation sites is 2. The van der Waals surface area contributed by atoms with Crippen LogP contribution in [0.1, 0.15) is 24.8 Å². The van der Waals surface area contributed by atoms with Gasteiger partial charge in [-0.15, -0.1) is 0 Å². The summed E-state index contributed by atoms with van der Waals surface area (Å²) in [7, 11) is 0. The molecule has 1 fully saturated rings. The fourth-order valence-corrected chi connectivity index (χ4v) is 3.76. The Balaban J connectivity index is 1.57. The summed E-state index contributed by atoms with van der Waals surface area (Å²) in [6.45, 7) is 2.64. The van der Waals surface area contributed by atoms with Crippen LogP contribution in [0.2, 0.25) is 0 Å². The minimum absolute atomic E-state index is 0.0587. The van der Waals surface area contributed by atoms with Gasteiger partial charge in [-0.25, -0.2) is 4.39 Å². The van der Waals surface area contributed by atoms with Gasteiger partial charge in [0.05, 0.1) is 12.2 Å². The average molecular weight is 354 g/mol. The molecular weight excluding hydrogens is 331 g/mol. The number of hydrogen-bond donors (Lipinski definition) is 0. The topological polar surface area (TPSA) is 32.8 Å². The Morgan fingerprint density at radius 2 is 1.88 bits per heavy atom. The van der Waals surface area contributed by atoms with Crippen molar-refractivity contribution in [3.8, 4) is 5.75 Å². The number of carbonyl (C=O) groups excluding carboxylic acids is 1. The van der Waals surface area contributed by atoms with Crippen LogP contribution in [0.4, 0.5) is 10.1 Å². The second kappa shape index (κ2) is 7.36. The van der Waals surface area contributed by atoms with Crippen LogP contribution in [0, 0.1) is 5.82 Å². The van der Waals surface area contributed by atoms with Crippen LogP contribution >= 0.6 is 0 Å². The van der Waals surface area contributed by atoms with Crippen molar-refractivity contribution in [2.24, 2.45) is 0 Å². The first kappa shape index (κ1) is 16.9. The molecule has 0 spiro atoms. The SMILES string of the molecule is O=C(C1CN(Cc2cccc(F)c2)c2ccccc2O1)N1CCCCC1. The number of piperidine rings is 1. The molecule has 0 aliphatic carbocycles. The molecule has 26 heavy (non-hydrogen) atoms. The summed E-state index contributed by atoms with van der Waals surface area (Å²) in [6, 6.07) is 14.3. The van der Waals surface area contributed by atoms with Gasteiger partial charge in [0, 0.05) is 19.6 Å². The Labute approximate surface area is 153 Å². The van der Waals surface area contributed by atoms with Crippen LogP contribution in [-0.4, -0.2) is 36.5 Å². The van der Waals surface area contributed by atoms with E-state index in [1.165, 1.54) is 12.5 Å². The molecule has 2 aliphatic rings. The van der Waals surface area contributed by atoms with E-state index in [2.05, 4.69) is 4.90 Å². The Morgan fingerprint density at radius 3 is 2.69 bits per heavy atom. The maximum Gasteiger partial charge on any atom is 0.265 e. The minimum Gasteiger partial charge on any atom is -0.477 e. The first-order valence-electron chi connectivity index (χ1n) is 9.24. The zero-order chi connectivity index (χ0) is 17.9. The molecule has 1 unspecified atom stereocenters. The lowest BCUT2D eigenvalue weighted by Crippen LogP contribution is -2.51. The summed E-state index contributed by atoms with van der Waals surface area (Å²) in [6.07, 6.45) is 2.78. The molecule has 2 aromatic rings. The highest BCUT2D eigenvalue weighted by atomic mass is 19.1. The highest BCUT2D eigenvalue weighted by molar-refractivity contribution is 5.83. The Bertz CT molecular complexity index is 789. The number of halogens is 1. The molecule has 0 N–H and O–H groups in total. The van der Waals surface area contributed by atoms with E-state index in [0.717, 1.165) is 37.2 Å². The summed E-state index contributed by atoms with van der Waals surface area (Å²) in [4.78, 5) is 17.0. The number of ether oxygens (including phenoxy) is 1. The molecule has 1 amide bonds. The van der Waals surface area contributed by atoms with Crippen molar-refractivity contribution in [2.45, 2.75) is 31.9 Å². The Hall–Kier alpha value is -2.56. The van der Waals surface area contributed by atoms with E-state index in [9.17, 15) is 9.18 Å². The summed E-state index contributed by atoms with van der Waals surface area (Å²) >= 11 is 0.